The van der Waals surface area contributed by atoms with Crippen molar-refractivity contribution < 1.29 is 18.3 Å². The molecule has 7 heteroatoms. The first-order chi connectivity index (χ1) is 20.2. The number of halogens is 1. The van der Waals surface area contributed by atoms with E-state index in [1.165, 1.54) is 14.0 Å². The Morgan fingerprint density at radius 3 is 1.98 bits per heavy atom. The Kier molecular flexibility index (Phi) is 13.5. The molecule has 0 N–H and O–H groups in total. The largest absolute Gasteiger partial charge is 0.410 e. The van der Waals surface area contributed by atoms with Crippen LogP contribution in [0.4, 0.5) is 0 Å². The van der Waals surface area contributed by atoms with Crippen molar-refractivity contribution in [1.82, 2.24) is 0 Å². The van der Waals surface area contributed by atoms with Crippen LogP contribution in [0.2, 0.25) is 23.2 Å². The molecule has 2 aromatic rings. The Hall–Kier alpha value is -1.08. The van der Waals surface area contributed by atoms with Crippen LogP contribution < -0.4 is 10.4 Å². The number of rotatable bonds is 14. The van der Waals surface area contributed by atoms with Crippen molar-refractivity contribution in [2.24, 2.45) is 0 Å². The summed E-state index contributed by atoms with van der Waals surface area (Å²) in [4.78, 5) is 0. The van der Waals surface area contributed by atoms with Crippen molar-refractivity contribution in [1.29, 1.82) is 0 Å². The highest BCUT2D eigenvalue weighted by Crippen LogP contribution is 2.41. The van der Waals surface area contributed by atoms with Crippen LogP contribution in [0.5, 0.6) is 0 Å². The second-order valence-corrected chi connectivity index (χ2v) is 24.7. The van der Waals surface area contributed by atoms with E-state index in [2.05, 4.69) is 151 Å². The zero-order valence-electron chi connectivity index (χ0n) is 27.8. The van der Waals surface area contributed by atoms with Crippen molar-refractivity contribution in [2.75, 3.05) is 13.2 Å². The van der Waals surface area contributed by atoms with E-state index in [4.69, 9.17) is 18.3 Å². The molecule has 3 unspecified atom stereocenters. The van der Waals surface area contributed by atoms with Crippen LogP contribution in [0.15, 0.2) is 83.0 Å². The van der Waals surface area contributed by atoms with Gasteiger partial charge in [0.15, 0.2) is 14.6 Å². The average molecular weight is 735 g/mol. The normalized spacial score (nSPS) is 18.7. The molecule has 0 amide bonds. The topological polar surface area (TPSA) is 36.9 Å². The first kappa shape index (κ1) is 36.4. The Morgan fingerprint density at radius 1 is 0.930 bits per heavy atom. The van der Waals surface area contributed by atoms with E-state index in [-0.39, 0.29) is 28.6 Å². The Morgan fingerprint density at radius 2 is 1.51 bits per heavy atom. The zero-order valence-corrected chi connectivity index (χ0v) is 32.0. The molecule has 4 nitrogen and oxygen atoms in total. The van der Waals surface area contributed by atoms with Gasteiger partial charge in [-0.05, 0) is 85.1 Å². The molecule has 238 valence electrons. The van der Waals surface area contributed by atoms with Crippen molar-refractivity contribution in [3.8, 4) is 0 Å². The van der Waals surface area contributed by atoms with Gasteiger partial charge in [-0.25, -0.2) is 0 Å². The van der Waals surface area contributed by atoms with Crippen molar-refractivity contribution in [2.45, 2.75) is 115 Å². The first-order valence-corrected chi connectivity index (χ1v) is 21.8. The minimum Gasteiger partial charge on any atom is -0.410 e. The van der Waals surface area contributed by atoms with Crippen LogP contribution in [0, 0.1) is 0 Å². The third kappa shape index (κ3) is 9.95. The monoisotopic (exact) mass is 734 g/mol. The smallest absolute Gasteiger partial charge is 0.261 e. The van der Waals surface area contributed by atoms with Crippen molar-refractivity contribution in [3.63, 3.8) is 0 Å². The molecule has 0 radical (unpaired) electrons. The maximum atomic E-state index is 7.69. The first-order valence-electron chi connectivity index (χ1n) is 15.9. The molecule has 3 atom stereocenters. The molecule has 43 heavy (non-hydrogen) atoms. The van der Waals surface area contributed by atoms with Crippen LogP contribution in [-0.4, -0.2) is 48.3 Å². The summed E-state index contributed by atoms with van der Waals surface area (Å²) in [5.74, 6) is 0. The quantitative estimate of drug-likeness (QED) is 0.110. The van der Waals surface area contributed by atoms with Gasteiger partial charge in [0.1, 0.15) is 0 Å². The minimum atomic E-state index is -2.77. The summed E-state index contributed by atoms with van der Waals surface area (Å²) in [5.41, 5.74) is 0. The van der Waals surface area contributed by atoms with Gasteiger partial charge < -0.3 is 18.3 Å². The van der Waals surface area contributed by atoms with Gasteiger partial charge in [0.2, 0.25) is 0 Å². The van der Waals surface area contributed by atoms with E-state index >= 15 is 0 Å². The molecule has 1 fully saturated rings. The molecular formula is C36H55IO4Si2. The van der Waals surface area contributed by atoms with Crippen LogP contribution in [0.1, 0.15) is 73.6 Å². The average Bonchev–Trinajstić information content (AvgIpc) is 2.95. The summed E-state index contributed by atoms with van der Waals surface area (Å²) in [7, 11) is -4.80. The molecule has 0 aromatic heterocycles. The van der Waals surface area contributed by atoms with E-state index in [1.807, 2.05) is 6.08 Å². The summed E-state index contributed by atoms with van der Waals surface area (Å²) in [6, 6.07) is 21.8. The van der Waals surface area contributed by atoms with Gasteiger partial charge in [-0.15, -0.1) is 6.58 Å². The van der Waals surface area contributed by atoms with E-state index < -0.39 is 16.6 Å². The molecule has 3 rings (SSSR count). The van der Waals surface area contributed by atoms with Gasteiger partial charge >= 0.3 is 0 Å². The number of hydrogen-bond acceptors (Lipinski definition) is 4. The van der Waals surface area contributed by atoms with Gasteiger partial charge in [-0.2, -0.15) is 0 Å². The number of benzene rings is 2. The molecule has 1 saturated heterocycles. The maximum absolute atomic E-state index is 7.69. The van der Waals surface area contributed by atoms with Gasteiger partial charge in [-0.1, -0.05) is 108 Å². The molecular weight excluding hydrogens is 679 g/mol. The van der Waals surface area contributed by atoms with Crippen molar-refractivity contribution >= 4 is 49.6 Å². The summed E-state index contributed by atoms with van der Waals surface area (Å²) >= 11 is 2.47. The zero-order chi connectivity index (χ0) is 31.7. The third-order valence-corrected chi connectivity index (χ3v) is 19.4. The molecule has 1 aliphatic heterocycles. The molecule has 1 heterocycles. The van der Waals surface area contributed by atoms with E-state index in [0.717, 1.165) is 38.7 Å². The Labute approximate surface area is 278 Å². The summed E-state index contributed by atoms with van der Waals surface area (Å²) in [6.07, 6.45) is 8.69. The predicted octanol–water partition coefficient (Wildman–Crippen LogP) is 9.15. The summed E-state index contributed by atoms with van der Waals surface area (Å²) < 4.78 is 27.7. The fourth-order valence-electron chi connectivity index (χ4n) is 5.51. The molecule has 0 aliphatic carbocycles. The lowest BCUT2D eigenvalue weighted by molar-refractivity contribution is -0.155. The van der Waals surface area contributed by atoms with E-state index in [0.29, 0.717) is 6.61 Å². The summed E-state index contributed by atoms with van der Waals surface area (Å²) in [5, 5.41) is 2.57. The minimum absolute atomic E-state index is 0.0758. The molecule has 1 aliphatic rings. The molecule has 0 saturated carbocycles. The number of ether oxygens (including phenoxy) is 2. The molecule has 0 bridgehead atoms. The lowest BCUT2D eigenvalue weighted by Gasteiger charge is -2.46. The Balaban J connectivity index is 2.00. The maximum Gasteiger partial charge on any atom is 0.261 e. The fraction of sp³-hybridized carbons (Fsp3) is 0.556. The molecule has 2 aromatic carbocycles. The fourth-order valence-corrected chi connectivity index (χ4v) is 12.2. The molecule has 0 spiro atoms. The second kappa shape index (κ2) is 16.0. The van der Waals surface area contributed by atoms with Crippen LogP contribution >= 0.6 is 22.6 Å². The summed E-state index contributed by atoms with van der Waals surface area (Å²) in [6.45, 7) is 24.1. The van der Waals surface area contributed by atoms with E-state index in [9.17, 15) is 0 Å². The highest BCUT2D eigenvalue weighted by atomic mass is 127. The SMILES string of the molecule is C=CC(CC(CC(I)=CCOC1CCCCO1)O[Si](c1ccccc1)(c1ccccc1)C(C)(C)C)O[Si](C)(C)C(C)(C)C. The highest BCUT2D eigenvalue weighted by molar-refractivity contribution is 14.1. The third-order valence-electron chi connectivity index (χ3n) is 8.92. The van der Waals surface area contributed by atoms with Gasteiger partial charge in [-0.3, -0.25) is 0 Å². The standard InChI is InChI=1S/C36H55IO4Si2/c1-10-30(40-42(8,9)35(2,3)4)28-31(27-29(37)24-26-39-34-23-17-18-25-38-34)41-43(36(5,6)7,32-19-13-11-14-20-32)33-21-15-12-16-22-33/h10-16,19-22,24,30-31,34H,1,17-18,23,25-28H2,2-9H3. The van der Waals surface area contributed by atoms with Gasteiger partial charge in [0.05, 0.1) is 18.8 Å². The van der Waals surface area contributed by atoms with Gasteiger partial charge in [0.25, 0.3) is 8.32 Å². The van der Waals surface area contributed by atoms with Crippen molar-refractivity contribution in [3.05, 3.63) is 83.0 Å². The number of hydrogen-bond donors (Lipinski definition) is 0. The Bertz CT molecular complexity index is 1110. The van der Waals surface area contributed by atoms with E-state index in [1.54, 1.807) is 0 Å². The van der Waals surface area contributed by atoms with Crippen LogP contribution in [0.25, 0.3) is 0 Å². The predicted molar refractivity (Wildman–Crippen MR) is 196 cm³/mol. The second-order valence-electron chi connectivity index (χ2n) is 14.3. The lowest BCUT2D eigenvalue weighted by Crippen LogP contribution is -2.67. The van der Waals surface area contributed by atoms with Crippen LogP contribution in [-0.2, 0) is 18.3 Å². The van der Waals surface area contributed by atoms with Crippen LogP contribution in [0.3, 0.4) is 0 Å². The van der Waals surface area contributed by atoms with Gasteiger partial charge in [0, 0.05) is 19.4 Å². The highest BCUT2D eigenvalue weighted by Gasteiger charge is 2.51. The lowest BCUT2D eigenvalue weighted by atomic mass is 10.1.